The molecule has 0 bridgehead atoms. The van der Waals surface area contributed by atoms with E-state index >= 15 is 0 Å². The highest BCUT2D eigenvalue weighted by Crippen LogP contribution is 2.56. The fraction of sp³-hybridized carbons (Fsp3) is 0. The van der Waals surface area contributed by atoms with Crippen LogP contribution in [0.25, 0.3) is 246 Å². The van der Waals surface area contributed by atoms with E-state index in [0.717, 1.165) is 101 Å². The molecule has 6 heteroatoms. The molecule has 0 unspecified atom stereocenters. The lowest BCUT2D eigenvalue weighted by molar-refractivity contribution is 1.29. The number of rotatable bonds is 17. The maximum atomic E-state index is 2.55. The summed E-state index contributed by atoms with van der Waals surface area (Å²) in [6.45, 7) is 0. The Hall–Kier alpha value is -18.7. The Morgan fingerprint density at radius 3 is 1.01 bits per heavy atom. The molecule has 27 aromatic carbocycles. The average Bonchev–Trinajstić information content (AvgIpc) is 1.70. The standard InChI is InChI=1S/C144H89N3S3/c1-4-29-96-80-99(57-54-90(96)26-1)93-60-69-108(70-61-93)145(111-75-79-140-132(89-111)131-84-103(68-78-139(131)148-140)102-66-76-120-114-37-12-9-34-106(114)87-129(127(120)83-102)122-43-18-21-49-134(122)147(137-51-24-46-124-123-44-19-22-52-138(123)149-144(124)137)110-73-64-95(65-74-110)101-59-56-92-28-3-6-31-98(92)82-101)135-77-67-107(88-130(135)128-86-105-33-8-11-36-113(105)117-39-14-16-41-119(117)128)115-45-23-47-125-142-136(50-25-53-141(142)150-143(115)125)146(109-71-62-94(63-72-109)100-58-55-91-27-2-5-30-97(91)81-100)133-48-20-17-42-121(133)126-85-104-32-7-10-35-112(104)116-38-13-15-40-118(116)126/h1-89H. The molecule has 3 heterocycles. The van der Waals surface area contributed by atoms with Gasteiger partial charge in [-0.2, -0.15) is 0 Å². The maximum Gasteiger partial charge on any atom is 0.0640 e. The van der Waals surface area contributed by atoms with Gasteiger partial charge in [0.1, 0.15) is 0 Å². The Kier molecular flexibility index (Phi) is 20.6. The minimum absolute atomic E-state index is 1.04. The first-order chi connectivity index (χ1) is 74.3. The molecule has 0 aliphatic carbocycles. The molecule has 0 saturated heterocycles. The second-order valence-electron chi connectivity index (χ2n) is 39.6. The first-order valence-corrected chi connectivity index (χ1v) is 53.9. The van der Waals surface area contributed by atoms with Gasteiger partial charge in [0.2, 0.25) is 0 Å². The van der Waals surface area contributed by atoms with Crippen molar-refractivity contribution in [2.24, 2.45) is 0 Å². The lowest BCUT2D eigenvalue weighted by Crippen LogP contribution is -2.11. The number of para-hydroxylation sites is 2. The van der Waals surface area contributed by atoms with Crippen LogP contribution in [0.2, 0.25) is 0 Å². The molecular weight excluding hydrogens is 1870 g/mol. The topological polar surface area (TPSA) is 9.72 Å². The Balaban J connectivity index is 0.586. The van der Waals surface area contributed by atoms with Crippen molar-refractivity contribution in [1.29, 1.82) is 0 Å². The molecule has 0 aliphatic rings. The number of nitrogens with zero attached hydrogens (tertiary/aromatic N) is 3. The lowest BCUT2D eigenvalue weighted by atomic mass is 9.89. The van der Waals surface area contributed by atoms with Gasteiger partial charge < -0.3 is 14.7 Å². The van der Waals surface area contributed by atoms with Crippen molar-refractivity contribution in [3.63, 3.8) is 0 Å². The molecule has 0 radical (unpaired) electrons. The van der Waals surface area contributed by atoms with Crippen LogP contribution in [0.15, 0.2) is 540 Å². The van der Waals surface area contributed by atoms with Crippen molar-refractivity contribution in [2.45, 2.75) is 0 Å². The van der Waals surface area contributed by atoms with Gasteiger partial charge in [-0.15, -0.1) is 34.0 Å². The normalized spacial score (nSPS) is 11.9. The van der Waals surface area contributed by atoms with Crippen LogP contribution in [0.3, 0.4) is 0 Å². The molecule has 3 aromatic heterocycles. The molecular formula is C144H89N3S3. The fourth-order valence-corrected chi connectivity index (χ4v) is 27.5. The minimum atomic E-state index is 1.04. The fourth-order valence-electron chi connectivity index (χ4n) is 24.0. The van der Waals surface area contributed by atoms with E-state index in [2.05, 4.69) is 555 Å². The second kappa shape index (κ2) is 35.6. The molecule has 0 saturated carbocycles. The monoisotopic (exact) mass is 1960 g/mol. The minimum Gasteiger partial charge on any atom is -0.310 e. The molecule has 0 spiro atoms. The number of hydrogen-bond donors (Lipinski definition) is 0. The molecule has 150 heavy (non-hydrogen) atoms. The number of fused-ring (bicyclic) bond motifs is 21. The van der Waals surface area contributed by atoms with Crippen molar-refractivity contribution in [2.75, 3.05) is 14.7 Å². The third-order valence-corrected chi connectivity index (χ3v) is 34.7. The van der Waals surface area contributed by atoms with E-state index in [4.69, 9.17) is 0 Å². The SMILES string of the molecule is c1ccc(N(c2ccc(-c3ccc4ccccc4c3)cc2)c2cccc3c2sc2ccccc23)c(-c2cc3ccccc3c3ccc(-c4ccc5sc6ccc(N(c7ccc(-c8ccc9ccccc9c8)cc7)c7ccc(-c8cccc9c8sc8cccc(N(c%10ccc(-c%11ccc%12ccccc%12c%11)cc%10)c%10ccccc%10-c%10cc%11ccccc%11c%11ccccc%10%11)c89)cc7-c7cc8ccccc8c8ccccc78)cc6c5c4)cc23)c1. The molecule has 698 valence electrons. The molecule has 0 N–H and O–H groups in total. The average molecular weight is 1960 g/mol. The zero-order valence-electron chi connectivity index (χ0n) is 81.5. The van der Waals surface area contributed by atoms with E-state index < -0.39 is 0 Å². The molecule has 0 fully saturated rings. The summed E-state index contributed by atoms with van der Waals surface area (Å²) in [7, 11) is 0. The zero-order valence-corrected chi connectivity index (χ0v) is 83.9. The smallest absolute Gasteiger partial charge is 0.0640 e. The van der Waals surface area contributed by atoms with Crippen molar-refractivity contribution >= 4 is 243 Å². The van der Waals surface area contributed by atoms with Gasteiger partial charge in [0.25, 0.3) is 0 Å². The molecule has 30 aromatic rings. The van der Waals surface area contributed by atoms with Crippen molar-refractivity contribution in [1.82, 2.24) is 0 Å². The van der Waals surface area contributed by atoms with Gasteiger partial charge in [-0.05, 0) is 327 Å². The Labute approximate surface area is 879 Å². The van der Waals surface area contributed by atoms with Crippen LogP contribution in [0.5, 0.6) is 0 Å². The molecule has 3 nitrogen and oxygen atoms in total. The van der Waals surface area contributed by atoms with E-state index in [1.807, 2.05) is 34.0 Å². The summed E-state index contributed by atoms with van der Waals surface area (Å²) in [5, 5.41) is 29.1. The summed E-state index contributed by atoms with van der Waals surface area (Å²) in [6, 6.07) is 203. The van der Waals surface area contributed by atoms with Crippen molar-refractivity contribution in [3.8, 4) is 89.0 Å². The summed E-state index contributed by atoms with van der Waals surface area (Å²) < 4.78 is 7.38. The third kappa shape index (κ3) is 14.6. The first kappa shape index (κ1) is 86.8. The highest BCUT2D eigenvalue weighted by molar-refractivity contribution is 7.27. The van der Waals surface area contributed by atoms with Crippen LogP contribution in [-0.4, -0.2) is 0 Å². The van der Waals surface area contributed by atoms with Crippen LogP contribution >= 0.6 is 34.0 Å². The Morgan fingerprint density at radius 2 is 0.453 bits per heavy atom. The largest absolute Gasteiger partial charge is 0.310 e. The number of benzene rings is 27. The predicted molar refractivity (Wildman–Crippen MR) is 650 cm³/mol. The van der Waals surface area contributed by atoms with Gasteiger partial charge in [0.15, 0.2) is 0 Å². The van der Waals surface area contributed by atoms with Gasteiger partial charge in [0.05, 0.1) is 33.1 Å². The van der Waals surface area contributed by atoms with Crippen LogP contribution in [0.4, 0.5) is 51.2 Å². The highest BCUT2D eigenvalue weighted by atomic mass is 32.1. The van der Waals surface area contributed by atoms with Gasteiger partial charge >= 0.3 is 0 Å². The van der Waals surface area contributed by atoms with Crippen molar-refractivity contribution < 1.29 is 0 Å². The Morgan fingerprint density at radius 1 is 0.120 bits per heavy atom. The van der Waals surface area contributed by atoms with E-state index in [-0.39, 0.29) is 0 Å². The first-order valence-electron chi connectivity index (χ1n) is 51.4. The van der Waals surface area contributed by atoms with Crippen LogP contribution < -0.4 is 14.7 Å². The second-order valence-corrected chi connectivity index (χ2v) is 42.8. The number of hydrogen-bond acceptors (Lipinski definition) is 6. The lowest BCUT2D eigenvalue weighted by Gasteiger charge is -2.29. The summed E-state index contributed by atoms with van der Waals surface area (Å²) in [5.74, 6) is 0. The summed E-state index contributed by atoms with van der Waals surface area (Å²) >= 11 is 5.62. The molecule has 0 atom stereocenters. The maximum absolute atomic E-state index is 2.55. The van der Waals surface area contributed by atoms with E-state index in [0.29, 0.717) is 0 Å². The van der Waals surface area contributed by atoms with Crippen molar-refractivity contribution in [3.05, 3.63) is 540 Å². The van der Waals surface area contributed by atoms with E-state index in [9.17, 15) is 0 Å². The number of anilines is 9. The van der Waals surface area contributed by atoms with E-state index in [1.165, 1.54) is 196 Å². The predicted octanol–water partition coefficient (Wildman–Crippen LogP) is 42.9. The summed E-state index contributed by atoms with van der Waals surface area (Å²) in [6.07, 6.45) is 0. The Bertz CT molecular complexity index is 10800. The van der Waals surface area contributed by atoms with Crippen LogP contribution in [0.1, 0.15) is 0 Å². The van der Waals surface area contributed by atoms with Gasteiger partial charge in [0, 0.05) is 95.3 Å². The quantitative estimate of drug-likeness (QED) is 0.0842. The van der Waals surface area contributed by atoms with E-state index in [1.54, 1.807) is 0 Å². The molecule has 30 rings (SSSR count). The summed E-state index contributed by atoms with van der Waals surface area (Å²) in [4.78, 5) is 7.61. The van der Waals surface area contributed by atoms with Crippen LogP contribution in [-0.2, 0) is 0 Å². The van der Waals surface area contributed by atoms with Gasteiger partial charge in [-0.1, -0.05) is 382 Å². The summed E-state index contributed by atoms with van der Waals surface area (Å²) in [5.41, 5.74) is 28.2. The van der Waals surface area contributed by atoms with Gasteiger partial charge in [-0.25, -0.2) is 0 Å². The number of thiophene rings is 3. The molecule has 0 amide bonds. The molecule has 0 aliphatic heterocycles. The third-order valence-electron chi connectivity index (χ3n) is 31.1. The van der Waals surface area contributed by atoms with Gasteiger partial charge in [-0.3, -0.25) is 0 Å². The zero-order chi connectivity index (χ0) is 98.5. The highest BCUT2D eigenvalue weighted by Gasteiger charge is 2.30. The van der Waals surface area contributed by atoms with Crippen LogP contribution in [0, 0.1) is 0 Å².